The smallest absolute Gasteiger partial charge is 0.256 e. The highest BCUT2D eigenvalue weighted by Crippen LogP contribution is 2.30. The molecule has 0 aliphatic carbocycles. The number of hydrogen-bond donors (Lipinski definition) is 1. The minimum atomic E-state index is -0.284. The first-order valence-electron chi connectivity index (χ1n) is 11.8. The van der Waals surface area contributed by atoms with Crippen molar-refractivity contribution < 1.29 is 14.3 Å². The Balaban J connectivity index is 1.46. The number of carbonyl (C=O) groups excluding carboxylic acids is 1. The van der Waals surface area contributed by atoms with E-state index < -0.39 is 0 Å². The van der Waals surface area contributed by atoms with Crippen LogP contribution >= 0.6 is 0 Å². The van der Waals surface area contributed by atoms with E-state index in [9.17, 15) is 9.59 Å². The van der Waals surface area contributed by atoms with Gasteiger partial charge in [-0.25, -0.2) is 4.98 Å². The van der Waals surface area contributed by atoms with Gasteiger partial charge >= 0.3 is 0 Å². The molecule has 1 aliphatic rings. The summed E-state index contributed by atoms with van der Waals surface area (Å²) in [4.78, 5) is 37.4. The van der Waals surface area contributed by atoms with Gasteiger partial charge in [0.15, 0.2) is 17.1 Å². The first-order valence-corrected chi connectivity index (χ1v) is 11.8. The zero-order chi connectivity index (χ0) is 25.2. The number of carbonyl (C=O) groups is 1. The number of methoxy groups -OCH3 is 2. The number of nitrogens with zero attached hydrogens (tertiary/aromatic N) is 4. The van der Waals surface area contributed by atoms with Gasteiger partial charge in [-0.05, 0) is 62.2 Å². The van der Waals surface area contributed by atoms with E-state index in [1.165, 1.54) is 13.2 Å². The lowest BCUT2D eigenvalue weighted by Crippen LogP contribution is -2.23. The van der Waals surface area contributed by atoms with Crippen LogP contribution in [0.1, 0.15) is 28.9 Å². The third-order valence-electron chi connectivity index (χ3n) is 6.35. The molecule has 0 saturated carbocycles. The Morgan fingerprint density at radius 3 is 2.33 bits per heavy atom. The summed E-state index contributed by atoms with van der Waals surface area (Å²) in [5.41, 5.74) is 2.83. The zero-order valence-electron chi connectivity index (χ0n) is 20.4. The molecule has 9 nitrogen and oxygen atoms in total. The third kappa shape index (κ3) is 4.35. The maximum absolute atomic E-state index is 12.9. The average molecular weight is 486 g/mol. The molecule has 0 unspecified atom stereocenters. The molecular weight excluding hydrogens is 458 g/mol. The number of ether oxygens (including phenoxy) is 2. The molecule has 0 bridgehead atoms. The van der Waals surface area contributed by atoms with Crippen LogP contribution in [0.15, 0.2) is 59.4 Å². The minimum absolute atomic E-state index is 0.199. The number of fused-ring (bicyclic) bond motifs is 1. The molecule has 1 N–H and O–H groups in total. The van der Waals surface area contributed by atoms with E-state index in [1.54, 1.807) is 60.2 Å². The van der Waals surface area contributed by atoms with E-state index in [0.29, 0.717) is 40.0 Å². The molecule has 5 rings (SSSR count). The van der Waals surface area contributed by atoms with Gasteiger partial charge in [0.05, 0.1) is 25.6 Å². The van der Waals surface area contributed by atoms with Gasteiger partial charge < -0.3 is 19.7 Å². The standard InChI is InChI=1S/C27H27N5O4/c1-17-21-11-13-24(33)32(25(21)30-27(28-17)31-14-4-5-15-31)20-9-6-18(7-10-20)26(34)29-19-8-12-22(35-2)23(16-19)36-3/h6-13,16H,4-5,14-15H2,1-3H3,(H,29,34). The van der Waals surface area contributed by atoms with Gasteiger partial charge in [-0.3, -0.25) is 14.2 Å². The van der Waals surface area contributed by atoms with Crippen LogP contribution in [0.3, 0.4) is 0 Å². The van der Waals surface area contributed by atoms with Crippen molar-refractivity contribution in [3.8, 4) is 17.2 Å². The van der Waals surface area contributed by atoms with Crippen molar-refractivity contribution in [3.05, 3.63) is 76.2 Å². The van der Waals surface area contributed by atoms with Crippen molar-refractivity contribution in [2.24, 2.45) is 0 Å². The molecule has 1 aliphatic heterocycles. The predicted molar refractivity (Wildman–Crippen MR) is 139 cm³/mol. The number of rotatable bonds is 6. The van der Waals surface area contributed by atoms with Crippen molar-refractivity contribution in [1.82, 2.24) is 14.5 Å². The number of benzene rings is 2. The highest BCUT2D eigenvalue weighted by Gasteiger charge is 2.19. The Morgan fingerprint density at radius 1 is 0.917 bits per heavy atom. The molecule has 184 valence electrons. The summed E-state index contributed by atoms with van der Waals surface area (Å²) < 4.78 is 12.1. The molecule has 2 aromatic carbocycles. The summed E-state index contributed by atoms with van der Waals surface area (Å²) in [6, 6.07) is 15.3. The third-order valence-corrected chi connectivity index (χ3v) is 6.35. The van der Waals surface area contributed by atoms with Crippen LogP contribution in [-0.4, -0.2) is 47.8 Å². The van der Waals surface area contributed by atoms with Crippen LogP contribution < -0.4 is 25.2 Å². The second kappa shape index (κ2) is 9.69. The van der Waals surface area contributed by atoms with Crippen LogP contribution in [0.2, 0.25) is 0 Å². The fourth-order valence-electron chi connectivity index (χ4n) is 4.44. The normalized spacial score (nSPS) is 13.1. The molecule has 1 amide bonds. The first kappa shape index (κ1) is 23.3. The molecule has 0 atom stereocenters. The second-order valence-electron chi connectivity index (χ2n) is 8.62. The fraction of sp³-hybridized carbons (Fsp3) is 0.259. The molecule has 9 heteroatoms. The van der Waals surface area contributed by atoms with Gasteiger partial charge in [0, 0.05) is 41.9 Å². The average Bonchev–Trinajstić information content (AvgIpc) is 3.44. The van der Waals surface area contributed by atoms with E-state index in [4.69, 9.17) is 14.5 Å². The molecule has 36 heavy (non-hydrogen) atoms. The first-order chi connectivity index (χ1) is 17.5. The second-order valence-corrected chi connectivity index (χ2v) is 8.62. The van der Waals surface area contributed by atoms with E-state index in [-0.39, 0.29) is 11.5 Å². The quantitative estimate of drug-likeness (QED) is 0.441. The lowest BCUT2D eigenvalue weighted by Gasteiger charge is -2.18. The SMILES string of the molecule is COc1ccc(NC(=O)c2ccc(-n3c(=O)ccc4c(C)nc(N5CCCC5)nc43)cc2)cc1OC. The summed E-state index contributed by atoms with van der Waals surface area (Å²) in [5, 5.41) is 3.67. The largest absolute Gasteiger partial charge is 0.493 e. The van der Waals surface area contributed by atoms with Gasteiger partial charge in [-0.1, -0.05) is 0 Å². The van der Waals surface area contributed by atoms with Crippen molar-refractivity contribution in [2.75, 3.05) is 37.5 Å². The maximum Gasteiger partial charge on any atom is 0.256 e. The zero-order valence-corrected chi connectivity index (χ0v) is 20.4. The Hall–Kier alpha value is -4.40. The van der Waals surface area contributed by atoms with Crippen LogP contribution in [0.5, 0.6) is 11.5 Å². The Kier molecular flexibility index (Phi) is 6.28. The topological polar surface area (TPSA) is 98.6 Å². The summed E-state index contributed by atoms with van der Waals surface area (Å²) in [7, 11) is 3.09. The number of aromatic nitrogens is 3. The Morgan fingerprint density at radius 2 is 1.64 bits per heavy atom. The van der Waals surface area contributed by atoms with Crippen LogP contribution in [-0.2, 0) is 0 Å². The van der Waals surface area contributed by atoms with Gasteiger partial charge in [-0.15, -0.1) is 0 Å². The van der Waals surface area contributed by atoms with E-state index in [0.717, 1.165) is 37.0 Å². The van der Waals surface area contributed by atoms with Crippen molar-refractivity contribution in [3.63, 3.8) is 0 Å². The fourth-order valence-corrected chi connectivity index (χ4v) is 4.44. The number of amides is 1. The van der Waals surface area contributed by atoms with Crippen LogP contribution in [0.25, 0.3) is 16.7 Å². The number of pyridine rings is 1. The summed E-state index contributed by atoms with van der Waals surface area (Å²) in [6.07, 6.45) is 2.21. The van der Waals surface area contributed by atoms with Crippen LogP contribution in [0, 0.1) is 6.92 Å². The molecule has 0 spiro atoms. The number of aryl methyl sites for hydroxylation is 1. The maximum atomic E-state index is 12.9. The highest BCUT2D eigenvalue weighted by atomic mass is 16.5. The van der Waals surface area contributed by atoms with E-state index in [1.807, 2.05) is 6.92 Å². The lowest BCUT2D eigenvalue weighted by atomic mass is 10.1. The van der Waals surface area contributed by atoms with E-state index >= 15 is 0 Å². The lowest BCUT2D eigenvalue weighted by molar-refractivity contribution is 0.102. The number of hydrogen-bond acceptors (Lipinski definition) is 7. The Labute approximate surface area is 208 Å². The molecular formula is C27H27N5O4. The van der Waals surface area contributed by atoms with Gasteiger partial charge in [0.25, 0.3) is 11.5 Å². The monoisotopic (exact) mass is 485 g/mol. The number of anilines is 2. The minimum Gasteiger partial charge on any atom is -0.493 e. The van der Waals surface area contributed by atoms with E-state index in [2.05, 4.69) is 15.2 Å². The van der Waals surface area contributed by atoms with Gasteiger partial charge in [0.1, 0.15) is 0 Å². The summed E-state index contributed by atoms with van der Waals surface area (Å²) in [6.45, 7) is 3.75. The molecule has 1 fully saturated rings. The van der Waals surface area contributed by atoms with Crippen molar-refractivity contribution in [2.45, 2.75) is 19.8 Å². The molecule has 4 aromatic rings. The molecule has 0 radical (unpaired) electrons. The highest BCUT2D eigenvalue weighted by molar-refractivity contribution is 6.04. The van der Waals surface area contributed by atoms with Gasteiger partial charge in [0.2, 0.25) is 5.95 Å². The summed E-state index contributed by atoms with van der Waals surface area (Å²) >= 11 is 0. The molecule has 1 saturated heterocycles. The Bertz CT molecular complexity index is 1490. The molecule has 3 heterocycles. The summed E-state index contributed by atoms with van der Waals surface area (Å²) in [5.74, 6) is 1.45. The van der Waals surface area contributed by atoms with Gasteiger partial charge in [-0.2, -0.15) is 4.98 Å². The molecule has 2 aromatic heterocycles. The predicted octanol–water partition coefficient (Wildman–Crippen LogP) is 3.96. The number of nitrogens with one attached hydrogen (secondary N) is 1. The van der Waals surface area contributed by atoms with Crippen molar-refractivity contribution in [1.29, 1.82) is 0 Å². The van der Waals surface area contributed by atoms with Crippen LogP contribution in [0.4, 0.5) is 11.6 Å². The van der Waals surface area contributed by atoms with Crippen molar-refractivity contribution >= 4 is 28.6 Å².